The Morgan fingerprint density at radius 3 is 2.57 bits per heavy atom. The minimum atomic E-state index is -0.128. The van der Waals surface area contributed by atoms with E-state index in [9.17, 15) is 4.39 Å². The highest BCUT2D eigenvalue weighted by atomic mass is 19.1. The van der Waals surface area contributed by atoms with Crippen molar-refractivity contribution in [2.75, 3.05) is 0 Å². The molecule has 0 amide bonds. The molecule has 2 heteroatoms. The van der Waals surface area contributed by atoms with Crippen LogP contribution in [-0.4, -0.2) is 6.04 Å². The van der Waals surface area contributed by atoms with E-state index < -0.39 is 0 Å². The molecular formula is C19H22FN. The maximum atomic E-state index is 13.2. The Bertz CT molecular complexity index is 616. The molecule has 0 aliphatic heterocycles. The highest BCUT2D eigenvalue weighted by molar-refractivity contribution is 5.26. The molecule has 2 aromatic rings. The van der Waals surface area contributed by atoms with Crippen LogP contribution < -0.4 is 5.32 Å². The molecule has 1 saturated carbocycles. The molecule has 3 rings (SSSR count). The minimum Gasteiger partial charge on any atom is -0.307 e. The van der Waals surface area contributed by atoms with Crippen molar-refractivity contribution in [3.8, 4) is 0 Å². The molecule has 1 atom stereocenters. The van der Waals surface area contributed by atoms with Gasteiger partial charge in [-0.05, 0) is 55.9 Å². The predicted octanol–water partition coefficient (Wildman–Crippen LogP) is 4.73. The van der Waals surface area contributed by atoms with E-state index in [2.05, 4.69) is 43.4 Å². The van der Waals surface area contributed by atoms with Crippen LogP contribution in [0.5, 0.6) is 0 Å². The first kappa shape index (κ1) is 14.3. The molecule has 21 heavy (non-hydrogen) atoms. The lowest BCUT2D eigenvalue weighted by atomic mass is 9.75. The lowest BCUT2D eigenvalue weighted by Gasteiger charge is -2.38. The topological polar surface area (TPSA) is 12.0 Å². The number of halogens is 1. The molecule has 0 radical (unpaired) electrons. The number of nitrogens with one attached hydrogen (secondary N) is 1. The van der Waals surface area contributed by atoms with Crippen LogP contribution in [-0.2, 0) is 0 Å². The molecule has 0 spiro atoms. The molecule has 1 fully saturated rings. The van der Waals surface area contributed by atoms with Gasteiger partial charge in [-0.3, -0.25) is 0 Å². The van der Waals surface area contributed by atoms with Gasteiger partial charge in [-0.2, -0.15) is 0 Å². The molecule has 0 unspecified atom stereocenters. The fraction of sp³-hybridized carbons (Fsp3) is 0.368. The van der Waals surface area contributed by atoms with Crippen molar-refractivity contribution >= 4 is 0 Å². The first-order chi connectivity index (χ1) is 10.1. The summed E-state index contributed by atoms with van der Waals surface area (Å²) < 4.78 is 13.2. The van der Waals surface area contributed by atoms with Crippen LogP contribution in [0.1, 0.15) is 48.4 Å². The molecule has 0 saturated heterocycles. The monoisotopic (exact) mass is 283 g/mol. The SMILES string of the molecule is Cc1cccc([C@H](C)NC2CC(c3cccc(F)c3)C2)c1. The van der Waals surface area contributed by atoms with Gasteiger partial charge in [0.25, 0.3) is 0 Å². The standard InChI is InChI=1S/C19H22FN/c1-13-5-3-6-15(9-13)14(2)21-19-11-17(12-19)16-7-4-8-18(20)10-16/h3-10,14,17,19,21H,11-12H2,1-2H3/t14-,17?,19?/m0/s1. The average Bonchev–Trinajstić information content (AvgIpc) is 2.42. The maximum absolute atomic E-state index is 13.2. The van der Waals surface area contributed by atoms with Gasteiger partial charge in [0.1, 0.15) is 5.82 Å². The van der Waals surface area contributed by atoms with Crippen LogP contribution in [0.4, 0.5) is 4.39 Å². The molecule has 110 valence electrons. The van der Waals surface area contributed by atoms with Crippen molar-refractivity contribution in [3.63, 3.8) is 0 Å². The van der Waals surface area contributed by atoms with Gasteiger partial charge in [0.05, 0.1) is 0 Å². The predicted molar refractivity (Wildman–Crippen MR) is 84.9 cm³/mol. The van der Waals surface area contributed by atoms with E-state index in [1.165, 1.54) is 17.2 Å². The maximum Gasteiger partial charge on any atom is 0.123 e. The number of hydrogen-bond donors (Lipinski definition) is 1. The van der Waals surface area contributed by atoms with Crippen molar-refractivity contribution in [3.05, 3.63) is 71.0 Å². The summed E-state index contributed by atoms with van der Waals surface area (Å²) in [7, 11) is 0. The van der Waals surface area contributed by atoms with E-state index in [1.807, 2.05) is 6.07 Å². The van der Waals surface area contributed by atoms with Gasteiger partial charge in [-0.1, -0.05) is 42.0 Å². The third-order valence-electron chi connectivity index (χ3n) is 4.49. The van der Waals surface area contributed by atoms with Gasteiger partial charge < -0.3 is 5.32 Å². The zero-order valence-electron chi connectivity index (χ0n) is 12.6. The van der Waals surface area contributed by atoms with E-state index >= 15 is 0 Å². The Hall–Kier alpha value is -1.67. The van der Waals surface area contributed by atoms with Gasteiger partial charge in [0.15, 0.2) is 0 Å². The third kappa shape index (κ3) is 3.33. The summed E-state index contributed by atoms with van der Waals surface area (Å²) in [6.07, 6.45) is 2.19. The highest BCUT2D eigenvalue weighted by Crippen LogP contribution is 2.38. The van der Waals surface area contributed by atoms with E-state index in [-0.39, 0.29) is 5.82 Å². The summed E-state index contributed by atoms with van der Waals surface area (Å²) in [5, 5.41) is 3.68. The van der Waals surface area contributed by atoms with Crippen LogP contribution in [0.2, 0.25) is 0 Å². The van der Waals surface area contributed by atoms with Crippen LogP contribution in [0, 0.1) is 12.7 Å². The van der Waals surface area contributed by atoms with Crippen LogP contribution in [0.25, 0.3) is 0 Å². The smallest absolute Gasteiger partial charge is 0.123 e. The summed E-state index contributed by atoms with van der Waals surface area (Å²) in [6.45, 7) is 4.34. The molecule has 1 aliphatic rings. The lowest BCUT2D eigenvalue weighted by molar-refractivity contribution is 0.270. The molecule has 1 nitrogen and oxygen atoms in total. The van der Waals surface area contributed by atoms with E-state index in [4.69, 9.17) is 0 Å². The quantitative estimate of drug-likeness (QED) is 0.855. The second-order valence-corrected chi connectivity index (χ2v) is 6.22. The van der Waals surface area contributed by atoms with Crippen LogP contribution in [0.15, 0.2) is 48.5 Å². The van der Waals surface area contributed by atoms with E-state index in [1.54, 1.807) is 12.1 Å². The summed E-state index contributed by atoms with van der Waals surface area (Å²) in [6, 6.07) is 16.6. The van der Waals surface area contributed by atoms with Crippen molar-refractivity contribution in [2.24, 2.45) is 0 Å². The second-order valence-electron chi connectivity index (χ2n) is 6.22. The molecule has 0 heterocycles. The summed E-state index contributed by atoms with van der Waals surface area (Å²) in [4.78, 5) is 0. The lowest BCUT2D eigenvalue weighted by Crippen LogP contribution is -2.41. The Balaban J connectivity index is 1.55. The van der Waals surface area contributed by atoms with Crippen molar-refractivity contribution < 1.29 is 4.39 Å². The molecule has 0 aromatic heterocycles. The number of rotatable bonds is 4. The summed E-state index contributed by atoms with van der Waals surface area (Å²) in [5.41, 5.74) is 3.77. The third-order valence-corrected chi connectivity index (χ3v) is 4.49. The largest absolute Gasteiger partial charge is 0.307 e. The highest BCUT2D eigenvalue weighted by Gasteiger charge is 2.31. The fourth-order valence-corrected chi connectivity index (χ4v) is 3.18. The van der Waals surface area contributed by atoms with E-state index in [0.29, 0.717) is 18.0 Å². The van der Waals surface area contributed by atoms with E-state index in [0.717, 1.165) is 18.4 Å². The zero-order valence-corrected chi connectivity index (χ0v) is 12.6. The number of benzene rings is 2. The molecule has 1 aliphatic carbocycles. The number of hydrogen-bond acceptors (Lipinski definition) is 1. The van der Waals surface area contributed by atoms with Crippen LogP contribution in [0.3, 0.4) is 0 Å². The Kier molecular flexibility index (Phi) is 4.07. The number of aryl methyl sites for hydroxylation is 1. The van der Waals surface area contributed by atoms with Crippen LogP contribution >= 0.6 is 0 Å². The van der Waals surface area contributed by atoms with Gasteiger partial charge in [-0.15, -0.1) is 0 Å². The van der Waals surface area contributed by atoms with Gasteiger partial charge in [-0.25, -0.2) is 4.39 Å². The Morgan fingerprint density at radius 2 is 1.86 bits per heavy atom. The Morgan fingerprint density at radius 1 is 1.10 bits per heavy atom. The fourth-order valence-electron chi connectivity index (χ4n) is 3.18. The normalized spacial score (nSPS) is 22.6. The molecule has 1 N–H and O–H groups in total. The average molecular weight is 283 g/mol. The van der Waals surface area contributed by atoms with Crippen molar-refractivity contribution in [1.29, 1.82) is 0 Å². The summed E-state index contributed by atoms with van der Waals surface area (Å²) >= 11 is 0. The Labute approximate surface area is 126 Å². The zero-order chi connectivity index (χ0) is 14.8. The molecule has 2 aromatic carbocycles. The first-order valence-electron chi connectivity index (χ1n) is 7.70. The van der Waals surface area contributed by atoms with Crippen molar-refractivity contribution in [2.45, 2.75) is 44.7 Å². The van der Waals surface area contributed by atoms with Crippen molar-refractivity contribution in [1.82, 2.24) is 5.32 Å². The minimum absolute atomic E-state index is 0.128. The molecular weight excluding hydrogens is 261 g/mol. The van der Waals surface area contributed by atoms with Gasteiger partial charge in [0, 0.05) is 12.1 Å². The molecule has 0 bridgehead atoms. The summed E-state index contributed by atoms with van der Waals surface area (Å²) in [5.74, 6) is 0.375. The van der Waals surface area contributed by atoms with Gasteiger partial charge in [0.2, 0.25) is 0 Å². The first-order valence-corrected chi connectivity index (χ1v) is 7.70. The van der Waals surface area contributed by atoms with Gasteiger partial charge >= 0.3 is 0 Å². The second kappa shape index (κ2) is 5.98.